The lowest BCUT2D eigenvalue weighted by atomic mass is 9.98. The van der Waals surface area contributed by atoms with Gasteiger partial charge in [-0.2, -0.15) is 0 Å². The van der Waals surface area contributed by atoms with Gasteiger partial charge in [0.15, 0.2) is 5.65 Å². The number of ether oxygens (including phenoxy) is 1. The summed E-state index contributed by atoms with van der Waals surface area (Å²) in [5, 5.41) is 2.10. The summed E-state index contributed by atoms with van der Waals surface area (Å²) in [6.45, 7) is 1.88. The second-order valence-electron chi connectivity index (χ2n) is 7.51. The molecule has 3 aromatic carbocycles. The highest BCUT2D eigenvalue weighted by atomic mass is 127. The molecular weight excluding hydrogens is 589 g/mol. The maximum atomic E-state index is 14.3. The van der Waals surface area contributed by atoms with Crippen LogP contribution in [0.1, 0.15) is 6.92 Å². The molecule has 2 aromatic heterocycles. The first-order chi connectivity index (χ1) is 16.4. The predicted octanol–water partition coefficient (Wildman–Crippen LogP) is 8.58. The molecule has 0 saturated carbocycles. The van der Waals surface area contributed by atoms with Crippen molar-refractivity contribution in [2.45, 2.75) is 6.92 Å². The van der Waals surface area contributed by atoms with Gasteiger partial charge in [-0.3, -0.25) is 0 Å². The third-order valence-electron chi connectivity index (χ3n) is 5.52. The topological polar surface area (TPSA) is 44.1 Å². The molecule has 0 amide bonds. The minimum Gasteiger partial charge on any atom is -0.449 e. The molecule has 0 fully saturated rings. The number of nitrogens with zero attached hydrogens (tertiary/aromatic N) is 2. The van der Waals surface area contributed by atoms with Gasteiger partial charge in [0.05, 0.1) is 27.9 Å². The van der Waals surface area contributed by atoms with E-state index in [-0.39, 0.29) is 6.61 Å². The van der Waals surface area contributed by atoms with Gasteiger partial charge in [-0.1, -0.05) is 65.7 Å². The Balaban J connectivity index is 2.03. The largest absolute Gasteiger partial charge is 0.449 e. The highest BCUT2D eigenvalue weighted by molar-refractivity contribution is 14.1. The Morgan fingerprint density at radius 1 is 1.09 bits per heavy atom. The summed E-state index contributed by atoms with van der Waals surface area (Å²) in [7, 11) is 0. The molecule has 0 bridgehead atoms. The second-order valence-corrected chi connectivity index (χ2v) is 9.38. The molecule has 0 aliphatic rings. The molecule has 5 aromatic rings. The third kappa shape index (κ3) is 3.74. The van der Waals surface area contributed by atoms with Crippen LogP contribution in [0.3, 0.4) is 0 Å². The van der Waals surface area contributed by atoms with Gasteiger partial charge in [0.1, 0.15) is 5.82 Å². The number of aromatic nitrogens is 2. The van der Waals surface area contributed by atoms with Crippen molar-refractivity contribution in [3.63, 3.8) is 0 Å². The number of pyridine rings is 1. The van der Waals surface area contributed by atoms with Gasteiger partial charge in [-0.25, -0.2) is 18.7 Å². The Labute approximate surface area is 218 Å². The van der Waals surface area contributed by atoms with Crippen LogP contribution in [0.15, 0.2) is 66.7 Å². The lowest BCUT2D eigenvalue weighted by Crippen LogP contribution is -2.14. The fraction of sp³-hybridized carbons (Fsp3) is 0.0769. The van der Waals surface area contributed by atoms with E-state index in [4.69, 9.17) is 32.9 Å². The van der Waals surface area contributed by atoms with E-state index < -0.39 is 11.9 Å². The average Bonchev–Trinajstić information content (AvgIpc) is 3.14. The van der Waals surface area contributed by atoms with Crippen LogP contribution in [0.2, 0.25) is 10.0 Å². The Morgan fingerprint density at radius 2 is 1.85 bits per heavy atom. The van der Waals surface area contributed by atoms with Crippen molar-refractivity contribution in [2.24, 2.45) is 0 Å². The summed E-state index contributed by atoms with van der Waals surface area (Å²) in [6.07, 6.45) is -0.635. The Bertz CT molecular complexity index is 1590. The number of carbonyl (C=O) groups is 1. The number of hydrogen-bond acceptors (Lipinski definition) is 3. The zero-order valence-corrected chi connectivity index (χ0v) is 21.5. The zero-order chi connectivity index (χ0) is 24.0. The van der Waals surface area contributed by atoms with E-state index >= 15 is 0 Å². The fourth-order valence-electron chi connectivity index (χ4n) is 4.09. The van der Waals surface area contributed by atoms with Crippen molar-refractivity contribution in [1.82, 2.24) is 9.55 Å². The van der Waals surface area contributed by atoms with Crippen molar-refractivity contribution in [2.75, 3.05) is 6.61 Å². The molecule has 0 saturated heterocycles. The number of halogens is 4. The molecule has 5 rings (SSSR count). The minimum atomic E-state index is -0.635. The van der Waals surface area contributed by atoms with Crippen LogP contribution in [0.4, 0.5) is 9.18 Å². The predicted molar refractivity (Wildman–Crippen MR) is 143 cm³/mol. The van der Waals surface area contributed by atoms with Crippen molar-refractivity contribution in [3.05, 3.63) is 86.2 Å². The molecule has 0 N–H and O–H groups in total. The number of rotatable bonds is 3. The lowest BCUT2D eigenvalue weighted by molar-refractivity contribution is 0.156. The molecule has 34 heavy (non-hydrogen) atoms. The smallest absolute Gasteiger partial charge is 0.420 e. The Morgan fingerprint density at radius 3 is 2.59 bits per heavy atom. The minimum absolute atomic E-state index is 0.165. The monoisotopic (exact) mass is 604 g/mol. The van der Waals surface area contributed by atoms with E-state index in [1.807, 2.05) is 42.5 Å². The van der Waals surface area contributed by atoms with Crippen LogP contribution in [-0.4, -0.2) is 22.3 Å². The number of hydrogen-bond donors (Lipinski definition) is 0. The van der Waals surface area contributed by atoms with Gasteiger partial charge in [-0.05, 0) is 53.8 Å². The first kappa shape index (κ1) is 23.1. The molecule has 0 atom stereocenters. The van der Waals surface area contributed by atoms with Crippen molar-refractivity contribution in [3.8, 4) is 22.4 Å². The van der Waals surface area contributed by atoms with Gasteiger partial charge < -0.3 is 4.74 Å². The summed E-state index contributed by atoms with van der Waals surface area (Å²) in [5.41, 5.74) is 3.69. The van der Waals surface area contributed by atoms with E-state index in [2.05, 4.69) is 22.6 Å². The maximum absolute atomic E-state index is 14.3. The second kappa shape index (κ2) is 9.17. The van der Waals surface area contributed by atoms with Crippen LogP contribution < -0.4 is 0 Å². The molecule has 0 spiro atoms. The number of fused-ring (bicyclic) bond motifs is 3. The third-order valence-corrected chi connectivity index (χ3v) is 7.39. The summed E-state index contributed by atoms with van der Waals surface area (Å²) in [5.74, 6) is -0.471. The summed E-state index contributed by atoms with van der Waals surface area (Å²) < 4.78 is 21.8. The molecule has 0 aliphatic carbocycles. The molecule has 0 unspecified atom stereocenters. The number of benzene rings is 3. The van der Waals surface area contributed by atoms with Gasteiger partial charge in [0, 0.05) is 31.0 Å². The number of carbonyl (C=O) groups excluding carboxylic acids is 1. The maximum Gasteiger partial charge on any atom is 0.420 e. The quantitative estimate of drug-likeness (QED) is 0.194. The van der Waals surface area contributed by atoms with Crippen LogP contribution in [0.25, 0.3) is 44.3 Å². The summed E-state index contributed by atoms with van der Waals surface area (Å²) in [4.78, 5) is 18.0. The molecule has 8 heteroatoms. The summed E-state index contributed by atoms with van der Waals surface area (Å²) >= 11 is 15.3. The molecule has 4 nitrogen and oxygen atoms in total. The highest BCUT2D eigenvalue weighted by Crippen LogP contribution is 2.45. The van der Waals surface area contributed by atoms with Crippen LogP contribution in [-0.2, 0) is 4.74 Å². The first-order valence-electron chi connectivity index (χ1n) is 10.4. The SMILES string of the molecule is CCOC(=O)n1c2cc(F)ccc2c2c(-c3cccc(Cl)c3Cl)c(I)c(-c3ccccc3)nc21. The fourth-order valence-corrected chi connectivity index (χ4v) is 5.48. The van der Waals surface area contributed by atoms with Crippen LogP contribution >= 0.6 is 45.8 Å². The van der Waals surface area contributed by atoms with E-state index in [0.29, 0.717) is 43.2 Å². The van der Waals surface area contributed by atoms with Crippen molar-refractivity contribution < 1.29 is 13.9 Å². The summed E-state index contributed by atoms with van der Waals surface area (Å²) in [6, 6.07) is 19.4. The highest BCUT2D eigenvalue weighted by Gasteiger charge is 2.26. The first-order valence-corrected chi connectivity index (χ1v) is 12.3. The van der Waals surface area contributed by atoms with E-state index in [9.17, 15) is 9.18 Å². The normalized spacial score (nSPS) is 11.3. The molecule has 0 aliphatic heterocycles. The van der Waals surface area contributed by atoms with Gasteiger partial charge >= 0.3 is 6.09 Å². The van der Waals surface area contributed by atoms with Gasteiger partial charge in [-0.15, -0.1) is 0 Å². The van der Waals surface area contributed by atoms with Crippen molar-refractivity contribution >= 4 is 73.8 Å². The van der Waals surface area contributed by atoms with Gasteiger partial charge in [0.2, 0.25) is 0 Å². The molecule has 2 heterocycles. The van der Waals surface area contributed by atoms with Crippen molar-refractivity contribution in [1.29, 1.82) is 0 Å². The molecule has 0 radical (unpaired) electrons. The standard InChI is InChI=1S/C26H16Cl2FIN2O2/c1-2-34-26(33)32-19-13-15(29)11-12-16(19)21-20(17-9-6-10-18(27)22(17)28)23(30)24(31-25(21)32)14-7-4-3-5-8-14/h3-13H,2H2,1H3. The van der Waals surface area contributed by atoms with E-state index in [1.54, 1.807) is 19.1 Å². The van der Waals surface area contributed by atoms with Gasteiger partial charge in [0.25, 0.3) is 0 Å². The zero-order valence-electron chi connectivity index (χ0n) is 17.8. The van der Waals surface area contributed by atoms with E-state index in [1.165, 1.54) is 16.7 Å². The molecule has 170 valence electrons. The van der Waals surface area contributed by atoms with E-state index in [0.717, 1.165) is 14.7 Å². The van der Waals surface area contributed by atoms with Crippen LogP contribution in [0, 0.1) is 9.39 Å². The Hall–Kier alpha value is -2.68. The van der Waals surface area contributed by atoms with Crippen LogP contribution in [0.5, 0.6) is 0 Å². The Kier molecular flexibility index (Phi) is 6.22. The molecular formula is C26H16Cl2FIN2O2. The average molecular weight is 605 g/mol. The lowest BCUT2D eigenvalue weighted by Gasteiger charge is -2.15.